The van der Waals surface area contributed by atoms with Crippen molar-refractivity contribution in [2.75, 3.05) is 61.2 Å². The summed E-state index contributed by atoms with van der Waals surface area (Å²) in [6, 6.07) is 17.7. The van der Waals surface area contributed by atoms with Crippen LogP contribution in [0.1, 0.15) is 21.5 Å². The van der Waals surface area contributed by atoms with Crippen molar-refractivity contribution in [3.8, 4) is 5.75 Å². The Morgan fingerprint density at radius 2 is 1.54 bits per heavy atom. The SMILES string of the molecule is COC(=O)c1cccc(C)c1NC(=O)N1CCN(c2ccc(NC(=O)Nc3cc(C)ccc3OC)cc2)CC1. The van der Waals surface area contributed by atoms with Crippen LogP contribution in [0.15, 0.2) is 60.7 Å². The molecular formula is C29H33N5O5. The minimum absolute atomic E-state index is 0.259. The van der Waals surface area contributed by atoms with Gasteiger partial charge >= 0.3 is 18.0 Å². The first-order valence-corrected chi connectivity index (χ1v) is 12.6. The Bertz CT molecular complexity index is 1350. The van der Waals surface area contributed by atoms with Crippen LogP contribution in [-0.2, 0) is 4.74 Å². The summed E-state index contributed by atoms with van der Waals surface area (Å²) in [6.45, 7) is 6.11. The molecule has 3 aromatic carbocycles. The molecule has 0 unspecified atom stereocenters. The fourth-order valence-corrected chi connectivity index (χ4v) is 4.43. The number of nitrogens with zero attached hydrogens (tertiary/aromatic N) is 2. The van der Waals surface area contributed by atoms with E-state index in [1.54, 1.807) is 24.1 Å². The number of hydrogen-bond acceptors (Lipinski definition) is 6. The molecule has 3 aromatic rings. The van der Waals surface area contributed by atoms with Crippen LogP contribution in [0, 0.1) is 13.8 Å². The standard InChI is InChI=1S/C29H33N5O5/c1-19-8-13-25(38-3)24(18-19)31-28(36)30-21-9-11-22(12-10-21)33-14-16-34(17-15-33)29(37)32-26-20(2)6-5-7-23(26)27(35)39-4/h5-13,18H,14-17H2,1-4H3,(H,32,37)(H2,30,31,36). The second-order valence-electron chi connectivity index (χ2n) is 9.22. The quantitative estimate of drug-likeness (QED) is 0.382. The van der Waals surface area contributed by atoms with Gasteiger partial charge in [-0.1, -0.05) is 18.2 Å². The van der Waals surface area contributed by atoms with Crippen molar-refractivity contribution >= 4 is 40.8 Å². The molecule has 1 fully saturated rings. The number of anilines is 4. The van der Waals surface area contributed by atoms with Gasteiger partial charge in [0.2, 0.25) is 0 Å². The van der Waals surface area contributed by atoms with Crippen molar-refractivity contribution in [2.24, 2.45) is 0 Å². The second kappa shape index (κ2) is 12.2. The molecule has 1 aliphatic heterocycles. The number of carbonyl (C=O) groups is 3. The van der Waals surface area contributed by atoms with E-state index in [2.05, 4.69) is 20.9 Å². The molecule has 0 atom stereocenters. The summed E-state index contributed by atoms with van der Waals surface area (Å²) in [5.74, 6) is 0.0888. The Labute approximate surface area is 227 Å². The molecule has 10 heteroatoms. The maximum Gasteiger partial charge on any atom is 0.339 e. The number of ether oxygens (including phenoxy) is 2. The lowest BCUT2D eigenvalue weighted by Gasteiger charge is -2.36. The highest BCUT2D eigenvalue weighted by molar-refractivity contribution is 6.02. The first-order chi connectivity index (χ1) is 18.8. The number of benzene rings is 3. The number of piperazine rings is 1. The number of amides is 4. The number of para-hydroxylation sites is 1. The van der Waals surface area contributed by atoms with Crippen LogP contribution in [0.4, 0.5) is 32.3 Å². The fourth-order valence-electron chi connectivity index (χ4n) is 4.43. The van der Waals surface area contributed by atoms with Gasteiger partial charge in [0.1, 0.15) is 5.75 Å². The number of hydrogen-bond donors (Lipinski definition) is 3. The zero-order chi connectivity index (χ0) is 27.9. The van der Waals surface area contributed by atoms with Crippen molar-refractivity contribution in [1.82, 2.24) is 4.90 Å². The molecule has 0 saturated carbocycles. The van der Waals surface area contributed by atoms with Gasteiger partial charge in [-0.15, -0.1) is 0 Å². The van der Waals surface area contributed by atoms with E-state index in [-0.39, 0.29) is 12.1 Å². The van der Waals surface area contributed by atoms with Gasteiger partial charge in [-0.2, -0.15) is 0 Å². The van der Waals surface area contributed by atoms with E-state index in [0.717, 1.165) is 16.8 Å². The maximum atomic E-state index is 13.0. The third-order valence-electron chi connectivity index (χ3n) is 6.57. The molecule has 4 amide bonds. The lowest BCUT2D eigenvalue weighted by molar-refractivity contribution is 0.0601. The summed E-state index contributed by atoms with van der Waals surface area (Å²) in [5, 5.41) is 8.55. The minimum atomic E-state index is -0.496. The third-order valence-corrected chi connectivity index (χ3v) is 6.57. The van der Waals surface area contributed by atoms with Crippen molar-refractivity contribution in [2.45, 2.75) is 13.8 Å². The van der Waals surface area contributed by atoms with Crippen molar-refractivity contribution in [1.29, 1.82) is 0 Å². The van der Waals surface area contributed by atoms with Gasteiger partial charge in [0, 0.05) is 37.6 Å². The average molecular weight is 532 g/mol. The lowest BCUT2D eigenvalue weighted by Crippen LogP contribution is -2.50. The van der Waals surface area contributed by atoms with Crippen molar-refractivity contribution < 1.29 is 23.9 Å². The number of carbonyl (C=O) groups excluding carboxylic acids is 3. The highest BCUT2D eigenvalue weighted by Gasteiger charge is 2.24. The molecule has 0 aromatic heterocycles. The van der Waals surface area contributed by atoms with Gasteiger partial charge in [-0.25, -0.2) is 14.4 Å². The van der Waals surface area contributed by atoms with Crippen LogP contribution in [0.25, 0.3) is 0 Å². The largest absolute Gasteiger partial charge is 0.495 e. The van der Waals surface area contributed by atoms with E-state index in [0.29, 0.717) is 54.6 Å². The number of nitrogens with one attached hydrogen (secondary N) is 3. The van der Waals surface area contributed by atoms with E-state index < -0.39 is 5.97 Å². The molecular weight excluding hydrogens is 498 g/mol. The normalized spacial score (nSPS) is 12.9. The summed E-state index contributed by atoms with van der Waals surface area (Å²) in [7, 11) is 2.87. The fraction of sp³-hybridized carbons (Fsp3) is 0.276. The summed E-state index contributed by atoms with van der Waals surface area (Å²) in [6.07, 6.45) is 0. The van der Waals surface area contributed by atoms with Gasteiger partial charge in [-0.05, 0) is 67.4 Å². The van der Waals surface area contributed by atoms with Crippen LogP contribution in [-0.4, -0.2) is 63.3 Å². The van der Waals surface area contributed by atoms with Crippen LogP contribution in [0.2, 0.25) is 0 Å². The second-order valence-corrected chi connectivity index (χ2v) is 9.22. The Kier molecular flexibility index (Phi) is 8.55. The highest BCUT2D eigenvalue weighted by atomic mass is 16.5. The van der Waals surface area contributed by atoms with E-state index in [1.807, 2.05) is 62.4 Å². The summed E-state index contributed by atoms with van der Waals surface area (Å²) < 4.78 is 10.2. The molecule has 39 heavy (non-hydrogen) atoms. The molecule has 1 heterocycles. The monoisotopic (exact) mass is 531 g/mol. The zero-order valence-corrected chi connectivity index (χ0v) is 22.5. The Morgan fingerprint density at radius 1 is 0.821 bits per heavy atom. The summed E-state index contributed by atoms with van der Waals surface area (Å²) in [5.41, 5.74) is 4.82. The van der Waals surface area contributed by atoms with Crippen LogP contribution in [0.3, 0.4) is 0 Å². The van der Waals surface area contributed by atoms with E-state index in [1.165, 1.54) is 7.11 Å². The Balaban J connectivity index is 1.31. The molecule has 0 spiro atoms. The highest BCUT2D eigenvalue weighted by Crippen LogP contribution is 2.26. The van der Waals surface area contributed by atoms with Crippen LogP contribution < -0.4 is 25.6 Å². The molecule has 1 aliphatic rings. The predicted octanol–water partition coefficient (Wildman–Crippen LogP) is 5.10. The molecule has 0 aliphatic carbocycles. The molecule has 0 bridgehead atoms. The zero-order valence-electron chi connectivity index (χ0n) is 22.5. The van der Waals surface area contributed by atoms with Crippen molar-refractivity contribution in [3.05, 3.63) is 77.4 Å². The summed E-state index contributed by atoms with van der Waals surface area (Å²) >= 11 is 0. The Morgan fingerprint density at radius 3 is 2.21 bits per heavy atom. The molecule has 204 valence electrons. The predicted molar refractivity (Wildman–Crippen MR) is 152 cm³/mol. The number of esters is 1. The minimum Gasteiger partial charge on any atom is -0.495 e. The van der Waals surface area contributed by atoms with Gasteiger partial charge in [0.05, 0.1) is 31.2 Å². The van der Waals surface area contributed by atoms with Crippen LogP contribution in [0.5, 0.6) is 5.75 Å². The molecule has 4 rings (SSSR count). The lowest BCUT2D eigenvalue weighted by atomic mass is 10.1. The topological polar surface area (TPSA) is 112 Å². The van der Waals surface area contributed by atoms with Crippen LogP contribution >= 0.6 is 0 Å². The van der Waals surface area contributed by atoms with E-state index in [4.69, 9.17) is 9.47 Å². The molecule has 10 nitrogen and oxygen atoms in total. The number of urea groups is 2. The average Bonchev–Trinajstić information content (AvgIpc) is 2.94. The van der Waals surface area contributed by atoms with E-state index in [9.17, 15) is 14.4 Å². The van der Waals surface area contributed by atoms with E-state index >= 15 is 0 Å². The summed E-state index contributed by atoms with van der Waals surface area (Å²) in [4.78, 5) is 41.5. The molecule has 3 N–H and O–H groups in total. The van der Waals surface area contributed by atoms with Gasteiger partial charge < -0.3 is 35.2 Å². The molecule has 0 radical (unpaired) electrons. The van der Waals surface area contributed by atoms with Crippen molar-refractivity contribution in [3.63, 3.8) is 0 Å². The first-order valence-electron chi connectivity index (χ1n) is 12.6. The number of rotatable bonds is 6. The van der Waals surface area contributed by atoms with Gasteiger partial charge in [0.15, 0.2) is 0 Å². The Hall–Kier alpha value is -4.73. The number of methoxy groups -OCH3 is 2. The molecule has 1 saturated heterocycles. The number of aryl methyl sites for hydroxylation is 2. The van der Waals surface area contributed by atoms with Gasteiger partial charge in [0.25, 0.3) is 0 Å². The smallest absolute Gasteiger partial charge is 0.339 e. The first kappa shape index (κ1) is 27.3. The maximum absolute atomic E-state index is 13.0. The third kappa shape index (κ3) is 6.59. The van der Waals surface area contributed by atoms with Gasteiger partial charge in [-0.3, -0.25) is 0 Å².